The second-order valence-electron chi connectivity index (χ2n) is 6.42. The summed E-state index contributed by atoms with van der Waals surface area (Å²) in [7, 11) is -4.07. The number of hydrogen-bond donors (Lipinski definition) is 0. The molecule has 27 heavy (non-hydrogen) atoms. The van der Waals surface area contributed by atoms with Crippen molar-refractivity contribution in [1.29, 1.82) is 0 Å². The highest BCUT2D eigenvalue weighted by Gasteiger charge is 2.30. The molecule has 3 rings (SSSR count). The molecule has 2 aromatic carbocycles. The van der Waals surface area contributed by atoms with Gasteiger partial charge in [-0.05, 0) is 24.0 Å². The molecular formula is C20H24O6S. The predicted octanol–water partition coefficient (Wildman–Crippen LogP) is 3.23. The van der Waals surface area contributed by atoms with E-state index in [1.54, 1.807) is 0 Å². The minimum absolute atomic E-state index is 0.190. The van der Waals surface area contributed by atoms with Gasteiger partial charge in [-0.2, -0.15) is 8.42 Å². The SMILES string of the molecule is O=S1(=O)O[C@H](COCc2ccccc2)CC[C@@H](COCc2ccccc2)O1. The molecule has 0 amide bonds. The topological polar surface area (TPSA) is 71.1 Å². The average molecular weight is 392 g/mol. The van der Waals surface area contributed by atoms with Crippen molar-refractivity contribution >= 4 is 10.4 Å². The molecule has 0 aliphatic carbocycles. The summed E-state index contributed by atoms with van der Waals surface area (Å²) in [5, 5.41) is 0. The molecule has 0 bridgehead atoms. The van der Waals surface area contributed by atoms with Crippen molar-refractivity contribution in [2.24, 2.45) is 0 Å². The summed E-state index contributed by atoms with van der Waals surface area (Å²) in [6, 6.07) is 19.4. The van der Waals surface area contributed by atoms with Crippen LogP contribution in [0.4, 0.5) is 0 Å². The number of benzene rings is 2. The van der Waals surface area contributed by atoms with Gasteiger partial charge in [0, 0.05) is 0 Å². The maximum atomic E-state index is 12.0. The first-order valence-electron chi connectivity index (χ1n) is 8.95. The zero-order valence-corrected chi connectivity index (χ0v) is 15.8. The molecule has 1 aliphatic heterocycles. The maximum Gasteiger partial charge on any atom is 0.400 e. The van der Waals surface area contributed by atoms with E-state index in [0.717, 1.165) is 11.1 Å². The monoisotopic (exact) mass is 392 g/mol. The Hall–Kier alpha value is -1.77. The van der Waals surface area contributed by atoms with Gasteiger partial charge < -0.3 is 9.47 Å². The Morgan fingerprint density at radius 1 is 0.741 bits per heavy atom. The lowest BCUT2D eigenvalue weighted by molar-refractivity contribution is 0.0361. The van der Waals surface area contributed by atoms with E-state index in [2.05, 4.69) is 0 Å². The highest BCUT2D eigenvalue weighted by molar-refractivity contribution is 7.81. The predicted molar refractivity (Wildman–Crippen MR) is 100 cm³/mol. The van der Waals surface area contributed by atoms with E-state index >= 15 is 0 Å². The Morgan fingerprint density at radius 3 is 1.56 bits per heavy atom. The molecule has 1 saturated heterocycles. The van der Waals surface area contributed by atoms with Crippen molar-refractivity contribution in [1.82, 2.24) is 0 Å². The van der Waals surface area contributed by atoms with Crippen LogP contribution in [0.5, 0.6) is 0 Å². The molecular weight excluding hydrogens is 368 g/mol. The first-order valence-corrected chi connectivity index (χ1v) is 10.3. The summed E-state index contributed by atoms with van der Waals surface area (Å²) in [5.74, 6) is 0. The second-order valence-corrected chi connectivity index (χ2v) is 7.62. The fraction of sp³-hybridized carbons (Fsp3) is 0.400. The summed E-state index contributed by atoms with van der Waals surface area (Å²) in [4.78, 5) is 0. The van der Waals surface area contributed by atoms with Crippen molar-refractivity contribution < 1.29 is 26.3 Å². The molecule has 6 nitrogen and oxygen atoms in total. The smallest absolute Gasteiger partial charge is 0.374 e. The van der Waals surface area contributed by atoms with Crippen LogP contribution >= 0.6 is 0 Å². The van der Waals surface area contributed by atoms with Crippen LogP contribution in [0.15, 0.2) is 60.7 Å². The maximum absolute atomic E-state index is 12.0. The summed E-state index contributed by atoms with van der Waals surface area (Å²) < 4.78 is 45.4. The molecule has 0 radical (unpaired) electrons. The number of hydrogen-bond acceptors (Lipinski definition) is 6. The lowest BCUT2D eigenvalue weighted by atomic mass is 10.1. The Bertz CT molecular complexity index is 717. The molecule has 7 heteroatoms. The van der Waals surface area contributed by atoms with E-state index < -0.39 is 22.6 Å². The summed E-state index contributed by atoms with van der Waals surface area (Å²) in [6.45, 7) is 1.20. The lowest BCUT2D eigenvalue weighted by Gasteiger charge is -2.13. The lowest BCUT2D eigenvalue weighted by Crippen LogP contribution is -2.23. The largest absolute Gasteiger partial charge is 0.400 e. The molecule has 2 aromatic rings. The third-order valence-electron chi connectivity index (χ3n) is 4.15. The summed E-state index contributed by atoms with van der Waals surface area (Å²) in [6.07, 6.45) is -0.0727. The van der Waals surface area contributed by atoms with E-state index in [0.29, 0.717) is 26.1 Å². The summed E-state index contributed by atoms with van der Waals surface area (Å²) >= 11 is 0. The Kier molecular flexibility index (Phi) is 7.37. The molecule has 0 N–H and O–H groups in total. The van der Waals surface area contributed by atoms with Crippen molar-refractivity contribution in [3.63, 3.8) is 0 Å². The highest BCUT2D eigenvalue weighted by atomic mass is 32.3. The molecule has 0 saturated carbocycles. The van der Waals surface area contributed by atoms with Crippen LogP contribution in [0.25, 0.3) is 0 Å². The van der Waals surface area contributed by atoms with Gasteiger partial charge in [-0.1, -0.05) is 60.7 Å². The van der Waals surface area contributed by atoms with Gasteiger partial charge in [0.2, 0.25) is 0 Å². The van der Waals surface area contributed by atoms with Gasteiger partial charge in [-0.15, -0.1) is 0 Å². The van der Waals surface area contributed by atoms with Crippen LogP contribution in [0, 0.1) is 0 Å². The molecule has 1 aliphatic rings. The molecule has 0 spiro atoms. The van der Waals surface area contributed by atoms with E-state index in [1.165, 1.54) is 0 Å². The minimum Gasteiger partial charge on any atom is -0.374 e. The van der Waals surface area contributed by atoms with Gasteiger partial charge in [0.05, 0.1) is 26.4 Å². The molecule has 0 aromatic heterocycles. The Morgan fingerprint density at radius 2 is 1.15 bits per heavy atom. The molecule has 0 unspecified atom stereocenters. The third kappa shape index (κ3) is 7.04. The second kappa shape index (κ2) is 9.96. The van der Waals surface area contributed by atoms with Crippen molar-refractivity contribution in [2.45, 2.75) is 38.3 Å². The van der Waals surface area contributed by atoms with E-state index in [1.807, 2.05) is 60.7 Å². The van der Waals surface area contributed by atoms with Gasteiger partial charge in [0.25, 0.3) is 0 Å². The standard InChI is InChI=1S/C20H24O6S/c21-27(22)25-19(15-23-13-17-7-3-1-4-8-17)11-12-20(26-27)16-24-14-18-9-5-2-6-10-18/h1-10,19-20H,11-16H2/t19-,20-/m0/s1. The zero-order chi connectivity index (χ0) is 19.0. The normalized spacial score (nSPS) is 22.2. The average Bonchev–Trinajstić information content (AvgIpc) is 2.81. The van der Waals surface area contributed by atoms with Crippen LogP contribution in [-0.4, -0.2) is 33.8 Å². The number of ether oxygens (including phenoxy) is 2. The highest BCUT2D eigenvalue weighted by Crippen LogP contribution is 2.20. The zero-order valence-electron chi connectivity index (χ0n) is 15.0. The van der Waals surface area contributed by atoms with Gasteiger partial charge in [0.1, 0.15) is 12.2 Å². The van der Waals surface area contributed by atoms with Crippen LogP contribution in [-0.2, 0) is 41.5 Å². The molecule has 2 atom stereocenters. The Labute approximate surface area is 160 Å². The van der Waals surface area contributed by atoms with Crippen molar-refractivity contribution in [2.75, 3.05) is 13.2 Å². The quantitative estimate of drug-likeness (QED) is 0.687. The fourth-order valence-electron chi connectivity index (χ4n) is 2.81. The number of rotatable bonds is 8. The summed E-state index contributed by atoms with van der Waals surface area (Å²) in [5.41, 5.74) is 2.05. The van der Waals surface area contributed by atoms with Gasteiger partial charge >= 0.3 is 10.4 Å². The van der Waals surface area contributed by atoms with Gasteiger partial charge in [0.15, 0.2) is 0 Å². The van der Waals surface area contributed by atoms with Crippen LogP contribution < -0.4 is 0 Å². The molecule has 1 heterocycles. The minimum atomic E-state index is -4.07. The van der Waals surface area contributed by atoms with E-state index in [9.17, 15) is 8.42 Å². The van der Waals surface area contributed by atoms with E-state index in [-0.39, 0.29) is 13.2 Å². The van der Waals surface area contributed by atoms with Crippen LogP contribution in [0.3, 0.4) is 0 Å². The van der Waals surface area contributed by atoms with Gasteiger partial charge in [-0.3, -0.25) is 0 Å². The third-order valence-corrected chi connectivity index (χ3v) is 5.16. The van der Waals surface area contributed by atoms with Crippen molar-refractivity contribution in [3.8, 4) is 0 Å². The van der Waals surface area contributed by atoms with Crippen LogP contribution in [0.1, 0.15) is 24.0 Å². The van der Waals surface area contributed by atoms with Crippen molar-refractivity contribution in [3.05, 3.63) is 71.8 Å². The van der Waals surface area contributed by atoms with Crippen LogP contribution in [0.2, 0.25) is 0 Å². The molecule has 1 fully saturated rings. The molecule has 146 valence electrons. The first-order chi connectivity index (χ1) is 13.1. The Balaban J connectivity index is 1.44. The first kappa shape index (κ1) is 20.0. The fourth-order valence-corrected chi connectivity index (χ4v) is 3.83. The van der Waals surface area contributed by atoms with Gasteiger partial charge in [-0.25, -0.2) is 8.37 Å². The van der Waals surface area contributed by atoms with E-state index in [4.69, 9.17) is 17.8 Å².